The molecule has 0 aliphatic carbocycles. The second-order valence-corrected chi connectivity index (χ2v) is 6.35. The van der Waals surface area contributed by atoms with Crippen molar-refractivity contribution in [2.24, 2.45) is 0 Å². The maximum Gasteiger partial charge on any atom is 0.131 e. The quantitative estimate of drug-likeness (QED) is 0.852. The van der Waals surface area contributed by atoms with Gasteiger partial charge in [0.1, 0.15) is 17.3 Å². The second kappa shape index (κ2) is 5.66. The molecule has 0 saturated carbocycles. The fourth-order valence-corrected chi connectivity index (χ4v) is 2.84. The van der Waals surface area contributed by atoms with E-state index in [2.05, 4.69) is 32.3 Å². The Kier molecular flexibility index (Phi) is 4.31. The van der Waals surface area contributed by atoms with Gasteiger partial charge in [-0.2, -0.15) is 0 Å². The van der Waals surface area contributed by atoms with Gasteiger partial charge in [0.05, 0.1) is 0 Å². The SMILES string of the molecule is CC(C)c1nc(-c2cc(Cl)cc(Cl)c2)c(N)n1C(C)C. The molecule has 5 heteroatoms. The molecule has 1 aromatic heterocycles. The first-order chi connectivity index (χ1) is 9.31. The zero-order chi connectivity index (χ0) is 15.0. The Balaban J connectivity index is 2.66. The summed E-state index contributed by atoms with van der Waals surface area (Å²) in [6, 6.07) is 5.62. The molecule has 2 aromatic rings. The highest BCUT2D eigenvalue weighted by atomic mass is 35.5. The number of nitrogens with two attached hydrogens (primary N) is 1. The molecule has 0 saturated heterocycles. The fourth-order valence-electron chi connectivity index (χ4n) is 2.32. The lowest BCUT2D eigenvalue weighted by Gasteiger charge is -2.15. The molecule has 0 atom stereocenters. The van der Waals surface area contributed by atoms with Crippen LogP contribution in [-0.4, -0.2) is 9.55 Å². The summed E-state index contributed by atoms with van der Waals surface area (Å²) in [5.74, 6) is 1.92. The van der Waals surface area contributed by atoms with Crippen LogP contribution in [0.1, 0.15) is 45.5 Å². The van der Waals surface area contributed by atoms with E-state index in [1.165, 1.54) is 0 Å². The Morgan fingerprint density at radius 1 is 1.05 bits per heavy atom. The summed E-state index contributed by atoms with van der Waals surface area (Å²) in [7, 11) is 0. The van der Waals surface area contributed by atoms with Crippen LogP contribution in [0.2, 0.25) is 10.0 Å². The van der Waals surface area contributed by atoms with Gasteiger partial charge in [0, 0.05) is 27.6 Å². The molecule has 0 aliphatic heterocycles. The molecule has 0 aliphatic rings. The number of hydrogen-bond donors (Lipinski definition) is 1. The van der Waals surface area contributed by atoms with Crippen molar-refractivity contribution in [1.82, 2.24) is 9.55 Å². The van der Waals surface area contributed by atoms with Gasteiger partial charge < -0.3 is 10.3 Å². The molecule has 0 unspecified atom stereocenters. The second-order valence-electron chi connectivity index (χ2n) is 5.48. The molecule has 2 rings (SSSR count). The lowest BCUT2D eigenvalue weighted by Crippen LogP contribution is -2.10. The fraction of sp³-hybridized carbons (Fsp3) is 0.400. The summed E-state index contributed by atoms with van der Waals surface area (Å²) in [5, 5.41) is 1.16. The number of anilines is 1. The van der Waals surface area contributed by atoms with Crippen LogP contribution in [0.15, 0.2) is 18.2 Å². The van der Waals surface area contributed by atoms with Gasteiger partial charge >= 0.3 is 0 Å². The van der Waals surface area contributed by atoms with Gasteiger partial charge in [-0.15, -0.1) is 0 Å². The molecule has 0 amide bonds. The largest absolute Gasteiger partial charge is 0.383 e. The molecule has 0 fully saturated rings. The van der Waals surface area contributed by atoms with E-state index < -0.39 is 0 Å². The van der Waals surface area contributed by atoms with Crippen molar-refractivity contribution in [1.29, 1.82) is 0 Å². The highest BCUT2D eigenvalue weighted by Gasteiger charge is 2.20. The first-order valence-electron chi connectivity index (χ1n) is 6.65. The maximum absolute atomic E-state index is 6.29. The molecule has 0 radical (unpaired) electrons. The summed E-state index contributed by atoms with van der Waals surface area (Å²) >= 11 is 12.1. The van der Waals surface area contributed by atoms with E-state index in [0.717, 1.165) is 17.1 Å². The summed E-state index contributed by atoms with van der Waals surface area (Å²) in [5.41, 5.74) is 7.88. The Labute approximate surface area is 129 Å². The van der Waals surface area contributed by atoms with Gasteiger partial charge in [0.15, 0.2) is 0 Å². The Hall–Kier alpha value is -1.19. The molecule has 2 N–H and O–H groups in total. The van der Waals surface area contributed by atoms with Gasteiger partial charge in [-0.05, 0) is 32.0 Å². The molecular weight excluding hydrogens is 293 g/mol. The average Bonchev–Trinajstić information content (AvgIpc) is 2.65. The topological polar surface area (TPSA) is 43.8 Å². The number of halogens is 2. The van der Waals surface area contributed by atoms with Crippen LogP contribution in [0.3, 0.4) is 0 Å². The van der Waals surface area contributed by atoms with Gasteiger partial charge in [-0.25, -0.2) is 4.98 Å². The minimum absolute atomic E-state index is 0.253. The number of nitrogens with zero attached hydrogens (tertiary/aromatic N) is 2. The zero-order valence-corrected chi connectivity index (χ0v) is 13.6. The molecule has 3 nitrogen and oxygen atoms in total. The third-order valence-electron chi connectivity index (χ3n) is 3.14. The molecule has 0 spiro atoms. The lowest BCUT2D eigenvalue weighted by molar-refractivity contribution is 0.556. The summed E-state index contributed by atoms with van der Waals surface area (Å²) in [4.78, 5) is 4.70. The standard InChI is InChI=1S/C15H19Cl2N3/c1-8(2)15-19-13(14(18)20(15)9(3)4)10-5-11(16)7-12(17)6-10/h5-9H,18H2,1-4H3. The van der Waals surface area contributed by atoms with E-state index in [0.29, 0.717) is 21.8 Å². The van der Waals surface area contributed by atoms with Crippen molar-refractivity contribution in [2.45, 2.75) is 39.7 Å². The van der Waals surface area contributed by atoms with Crippen LogP contribution in [-0.2, 0) is 0 Å². The van der Waals surface area contributed by atoms with Crippen LogP contribution < -0.4 is 5.73 Å². The zero-order valence-electron chi connectivity index (χ0n) is 12.1. The minimum atomic E-state index is 0.253. The van der Waals surface area contributed by atoms with Crippen molar-refractivity contribution < 1.29 is 0 Å². The normalized spacial score (nSPS) is 11.6. The first kappa shape index (κ1) is 15.2. The number of nitrogen functional groups attached to an aromatic ring is 1. The van der Waals surface area contributed by atoms with Gasteiger partial charge in [0.25, 0.3) is 0 Å². The van der Waals surface area contributed by atoms with Crippen LogP contribution in [0.25, 0.3) is 11.3 Å². The van der Waals surface area contributed by atoms with E-state index in [1.807, 2.05) is 12.1 Å². The molecular formula is C15H19Cl2N3. The average molecular weight is 312 g/mol. The monoisotopic (exact) mass is 311 g/mol. The van der Waals surface area contributed by atoms with Crippen molar-refractivity contribution in [3.8, 4) is 11.3 Å². The lowest BCUT2D eigenvalue weighted by atomic mass is 10.1. The third-order valence-corrected chi connectivity index (χ3v) is 3.58. The first-order valence-corrected chi connectivity index (χ1v) is 7.41. The van der Waals surface area contributed by atoms with E-state index in [9.17, 15) is 0 Å². The predicted molar refractivity (Wildman–Crippen MR) is 86.6 cm³/mol. The Morgan fingerprint density at radius 3 is 2.00 bits per heavy atom. The minimum Gasteiger partial charge on any atom is -0.383 e. The van der Waals surface area contributed by atoms with Crippen molar-refractivity contribution >= 4 is 29.0 Å². The highest BCUT2D eigenvalue weighted by molar-refractivity contribution is 6.35. The van der Waals surface area contributed by atoms with E-state index in [4.69, 9.17) is 33.9 Å². The molecule has 1 aromatic carbocycles. The van der Waals surface area contributed by atoms with Gasteiger partial charge in [-0.1, -0.05) is 37.0 Å². The van der Waals surface area contributed by atoms with E-state index in [1.54, 1.807) is 6.07 Å². The highest BCUT2D eigenvalue weighted by Crippen LogP contribution is 2.34. The number of imidazole rings is 1. The van der Waals surface area contributed by atoms with Crippen LogP contribution in [0.5, 0.6) is 0 Å². The Morgan fingerprint density at radius 2 is 1.60 bits per heavy atom. The summed E-state index contributed by atoms with van der Waals surface area (Å²) in [6.07, 6.45) is 0. The third kappa shape index (κ3) is 2.79. The van der Waals surface area contributed by atoms with Crippen LogP contribution in [0.4, 0.5) is 5.82 Å². The number of benzene rings is 1. The van der Waals surface area contributed by atoms with Crippen LogP contribution in [0, 0.1) is 0 Å². The Bertz CT molecular complexity index is 610. The van der Waals surface area contributed by atoms with Gasteiger partial charge in [-0.3, -0.25) is 0 Å². The van der Waals surface area contributed by atoms with Crippen molar-refractivity contribution in [3.05, 3.63) is 34.1 Å². The van der Waals surface area contributed by atoms with Gasteiger partial charge in [0.2, 0.25) is 0 Å². The molecule has 1 heterocycles. The maximum atomic E-state index is 6.29. The number of hydrogen-bond acceptors (Lipinski definition) is 2. The number of rotatable bonds is 3. The predicted octanol–water partition coefficient (Wildman–Crippen LogP) is 5.14. The molecule has 20 heavy (non-hydrogen) atoms. The van der Waals surface area contributed by atoms with Crippen molar-refractivity contribution in [2.75, 3.05) is 5.73 Å². The number of aromatic nitrogens is 2. The van der Waals surface area contributed by atoms with E-state index in [-0.39, 0.29) is 6.04 Å². The molecule has 108 valence electrons. The van der Waals surface area contributed by atoms with Crippen LogP contribution >= 0.6 is 23.2 Å². The smallest absolute Gasteiger partial charge is 0.131 e. The summed E-state index contributed by atoms with van der Waals surface area (Å²) in [6.45, 7) is 8.40. The van der Waals surface area contributed by atoms with Crippen molar-refractivity contribution in [3.63, 3.8) is 0 Å². The summed E-state index contributed by atoms with van der Waals surface area (Å²) < 4.78 is 2.06. The molecule has 0 bridgehead atoms. The van der Waals surface area contributed by atoms with E-state index >= 15 is 0 Å².